The molecule has 2 aliphatic heterocycles. The number of carbonyl (C=O) groups is 1. The van der Waals surface area contributed by atoms with Gasteiger partial charge in [-0.2, -0.15) is 10.2 Å². The Morgan fingerprint density at radius 2 is 2.15 bits per heavy atom. The number of carbonyl (C=O) groups excluding carboxylic acids is 1. The lowest BCUT2D eigenvalue weighted by Crippen LogP contribution is -2.37. The number of rotatable bonds is 3. The van der Waals surface area contributed by atoms with E-state index in [4.69, 9.17) is 9.47 Å². The molecule has 0 atom stereocenters. The number of H-pyrrole nitrogens is 1. The molecule has 0 saturated carbocycles. The van der Waals surface area contributed by atoms with Crippen molar-refractivity contribution in [3.63, 3.8) is 0 Å². The van der Waals surface area contributed by atoms with Gasteiger partial charge < -0.3 is 14.4 Å². The van der Waals surface area contributed by atoms with Crippen LogP contribution in [0.25, 0.3) is 11.3 Å². The Labute approximate surface area is 155 Å². The first-order chi connectivity index (χ1) is 13.2. The van der Waals surface area contributed by atoms with Crippen molar-refractivity contribution in [2.75, 3.05) is 13.3 Å². The molecule has 0 bridgehead atoms. The summed E-state index contributed by atoms with van der Waals surface area (Å²) in [5, 5.41) is 11.8. The first-order valence-corrected chi connectivity index (χ1v) is 9.02. The molecule has 8 nitrogen and oxygen atoms in total. The Kier molecular flexibility index (Phi) is 3.63. The summed E-state index contributed by atoms with van der Waals surface area (Å²) in [4.78, 5) is 14.8. The maximum Gasteiger partial charge on any atom is 0.272 e. The van der Waals surface area contributed by atoms with Crippen molar-refractivity contribution >= 4 is 5.91 Å². The molecule has 0 saturated heterocycles. The van der Waals surface area contributed by atoms with E-state index in [2.05, 4.69) is 15.3 Å². The van der Waals surface area contributed by atoms with Gasteiger partial charge in [0.25, 0.3) is 5.91 Å². The molecular formula is C19H19N5O3. The maximum absolute atomic E-state index is 13.0. The van der Waals surface area contributed by atoms with E-state index >= 15 is 0 Å². The molecule has 2 aliphatic rings. The molecule has 3 aromatic rings. The lowest BCUT2D eigenvalue weighted by atomic mass is 10.0. The average Bonchev–Trinajstić information content (AvgIpc) is 3.44. The van der Waals surface area contributed by atoms with Gasteiger partial charge in [-0.1, -0.05) is 0 Å². The zero-order valence-corrected chi connectivity index (χ0v) is 14.9. The molecule has 1 N–H and O–H groups in total. The van der Waals surface area contributed by atoms with Gasteiger partial charge in [-0.25, -0.2) is 0 Å². The minimum absolute atomic E-state index is 0.00200. The lowest BCUT2D eigenvalue weighted by molar-refractivity contribution is 0.0722. The molecule has 0 radical (unpaired) electrons. The Balaban J connectivity index is 1.46. The van der Waals surface area contributed by atoms with E-state index < -0.39 is 0 Å². The summed E-state index contributed by atoms with van der Waals surface area (Å²) in [5.41, 5.74) is 4.55. The Morgan fingerprint density at radius 3 is 3.04 bits per heavy atom. The third kappa shape index (κ3) is 2.56. The first-order valence-electron chi connectivity index (χ1n) is 9.02. The van der Waals surface area contributed by atoms with Crippen molar-refractivity contribution in [1.82, 2.24) is 24.9 Å². The second-order valence-corrected chi connectivity index (χ2v) is 6.61. The van der Waals surface area contributed by atoms with Crippen LogP contribution in [0, 0.1) is 0 Å². The number of hydrogen-bond donors (Lipinski definition) is 1. The quantitative estimate of drug-likeness (QED) is 0.769. The first kappa shape index (κ1) is 15.9. The summed E-state index contributed by atoms with van der Waals surface area (Å²) in [5.74, 6) is 1.46. The number of aryl methyl sites for hydroxylation is 1. The van der Waals surface area contributed by atoms with Crippen molar-refractivity contribution in [3.05, 3.63) is 47.4 Å². The monoisotopic (exact) mass is 365 g/mol. The number of nitrogens with one attached hydrogen (secondary N) is 1. The van der Waals surface area contributed by atoms with Gasteiger partial charge >= 0.3 is 0 Å². The van der Waals surface area contributed by atoms with Crippen molar-refractivity contribution in [1.29, 1.82) is 0 Å². The predicted octanol–water partition coefficient (Wildman–Crippen LogP) is 2.22. The van der Waals surface area contributed by atoms with Crippen molar-refractivity contribution in [2.45, 2.75) is 26.4 Å². The fourth-order valence-corrected chi connectivity index (χ4v) is 3.68. The summed E-state index contributed by atoms with van der Waals surface area (Å²) < 4.78 is 12.6. The van der Waals surface area contributed by atoms with E-state index in [-0.39, 0.29) is 12.7 Å². The molecule has 1 amide bonds. The van der Waals surface area contributed by atoms with Crippen molar-refractivity contribution in [2.24, 2.45) is 0 Å². The summed E-state index contributed by atoms with van der Waals surface area (Å²) in [6.45, 7) is 4.06. The molecule has 0 spiro atoms. The third-order valence-electron chi connectivity index (χ3n) is 5.10. The molecule has 0 unspecified atom stereocenters. The molecule has 0 fully saturated rings. The predicted molar refractivity (Wildman–Crippen MR) is 96.5 cm³/mol. The van der Waals surface area contributed by atoms with Gasteiger partial charge in [-0.15, -0.1) is 0 Å². The van der Waals surface area contributed by atoms with E-state index in [0.29, 0.717) is 25.3 Å². The molecule has 5 rings (SSSR count). The Morgan fingerprint density at radius 1 is 1.26 bits per heavy atom. The summed E-state index contributed by atoms with van der Waals surface area (Å²) in [6.07, 6.45) is 2.42. The molecule has 0 aliphatic carbocycles. The van der Waals surface area contributed by atoms with Crippen LogP contribution < -0.4 is 9.47 Å². The van der Waals surface area contributed by atoms with Gasteiger partial charge in [0.2, 0.25) is 6.79 Å². The highest BCUT2D eigenvalue weighted by atomic mass is 16.7. The zero-order valence-electron chi connectivity index (χ0n) is 14.9. The van der Waals surface area contributed by atoms with Crippen LogP contribution in [0.15, 0.2) is 30.5 Å². The van der Waals surface area contributed by atoms with Crippen LogP contribution >= 0.6 is 0 Å². The van der Waals surface area contributed by atoms with Gasteiger partial charge in [0, 0.05) is 42.5 Å². The van der Waals surface area contributed by atoms with Gasteiger partial charge in [-0.05, 0) is 31.2 Å². The highest BCUT2D eigenvalue weighted by Gasteiger charge is 2.28. The number of hydrogen-bond acceptors (Lipinski definition) is 5. The Hall–Kier alpha value is -3.29. The van der Waals surface area contributed by atoms with Crippen LogP contribution in [-0.4, -0.2) is 44.1 Å². The molecule has 4 heterocycles. The van der Waals surface area contributed by atoms with E-state index in [1.807, 2.05) is 30.0 Å². The number of nitrogens with zero attached hydrogens (tertiary/aromatic N) is 4. The van der Waals surface area contributed by atoms with Crippen molar-refractivity contribution < 1.29 is 14.3 Å². The molecule has 138 valence electrons. The van der Waals surface area contributed by atoms with Gasteiger partial charge in [0.1, 0.15) is 5.69 Å². The highest BCUT2D eigenvalue weighted by molar-refractivity contribution is 5.92. The number of benzene rings is 1. The number of amides is 1. The number of fused-ring (bicyclic) bond motifs is 2. The lowest BCUT2D eigenvalue weighted by Gasteiger charge is -2.27. The van der Waals surface area contributed by atoms with E-state index in [1.165, 1.54) is 0 Å². The SMILES string of the molecule is CCn1nccc1C(=O)N1CCc2[nH]nc(-c3ccc4c(c3)OCO4)c2C1. The maximum atomic E-state index is 13.0. The highest BCUT2D eigenvalue weighted by Crippen LogP contribution is 2.37. The summed E-state index contributed by atoms with van der Waals surface area (Å²) >= 11 is 0. The largest absolute Gasteiger partial charge is 0.454 e. The number of ether oxygens (including phenoxy) is 2. The van der Waals surface area contributed by atoms with Crippen LogP contribution in [0.4, 0.5) is 0 Å². The Bertz CT molecular complexity index is 1020. The van der Waals surface area contributed by atoms with E-state index in [0.717, 1.165) is 40.4 Å². The van der Waals surface area contributed by atoms with E-state index in [9.17, 15) is 4.79 Å². The molecule has 2 aromatic heterocycles. The molecule has 8 heteroatoms. The van der Waals surface area contributed by atoms with Gasteiger partial charge in [0.15, 0.2) is 11.5 Å². The van der Waals surface area contributed by atoms with Gasteiger partial charge in [0.05, 0.1) is 12.2 Å². The van der Waals surface area contributed by atoms with Crippen molar-refractivity contribution in [3.8, 4) is 22.8 Å². The van der Waals surface area contributed by atoms with Crippen LogP contribution in [-0.2, 0) is 19.5 Å². The summed E-state index contributed by atoms with van der Waals surface area (Å²) in [7, 11) is 0. The zero-order chi connectivity index (χ0) is 18.4. The molecule has 27 heavy (non-hydrogen) atoms. The average molecular weight is 365 g/mol. The van der Waals surface area contributed by atoms with Gasteiger partial charge in [-0.3, -0.25) is 14.6 Å². The van der Waals surface area contributed by atoms with E-state index in [1.54, 1.807) is 16.9 Å². The number of aromatic nitrogens is 4. The normalized spacial score (nSPS) is 15.1. The topological polar surface area (TPSA) is 85.3 Å². The van der Waals surface area contributed by atoms with Crippen LogP contribution in [0.3, 0.4) is 0 Å². The van der Waals surface area contributed by atoms with Crippen LogP contribution in [0.5, 0.6) is 11.5 Å². The standard InChI is InChI=1S/C19H19N5O3/c1-2-24-15(5-7-20-24)19(25)23-8-6-14-13(10-23)18(22-21-14)12-3-4-16-17(9-12)27-11-26-16/h3-5,7,9H,2,6,8,10-11H2,1H3,(H,21,22). The van der Waals surface area contributed by atoms with Crippen LogP contribution in [0.1, 0.15) is 28.7 Å². The fourth-order valence-electron chi connectivity index (χ4n) is 3.68. The third-order valence-corrected chi connectivity index (χ3v) is 5.10. The smallest absolute Gasteiger partial charge is 0.272 e. The summed E-state index contributed by atoms with van der Waals surface area (Å²) in [6, 6.07) is 7.57. The second-order valence-electron chi connectivity index (χ2n) is 6.61. The molecular weight excluding hydrogens is 346 g/mol. The van der Waals surface area contributed by atoms with Crippen LogP contribution in [0.2, 0.25) is 0 Å². The second kappa shape index (κ2) is 6.15. The minimum Gasteiger partial charge on any atom is -0.454 e. The number of aromatic amines is 1. The fraction of sp³-hybridized carbons (Fsp3) is 0.316. The minimum atomic E-state index is -0.00200. The molecule has 1 aromatic carbocycles.